The average molecular weight is 597 g/mol. The van der Waals surface area contributed by atoms with Gasteiger partial charge >= 0.3 is 23.1 Å². The maximum atomic E-state index is 4.26. The Labute approximate surface area is 272 Å². The molecule has 8 bridgehead atoms. The van der Waals surface area contributed by atoms with Gasteiger partial charge in [0.2, 0.25) is 0 Å². The van der Waals surface area contributed by atoms with Crippen LogP contribution in [0.1, 0.15) is 106 Å². The Hall–Kier alpha value is 0.406. The predicted molar refractivity (Wildman–Crippen MR) is 169 cm³/mol. The fourth-order valence-electron chi connectivity index (χ4n) is 12.0. The molecular weight excluding hydrogens is 537 g/mol. The molecule has 9 aliphatic rings. The van der Waals surface area contributed by atoms with Crippen molar-refractivity contribution in [1.29, 1.82) is 0 Å². The maximum Gasteiger partial charge on any atom is 2.00 e. The van der Waals surface area contributed by atoms with E-state index in [0.29, 0.717) is 49.3 Å². The van der Waals surface area contributed by atoms with E-state index in [1.165, 1.54) is 103 Å². The molecule has 0 aromatic carbocycles. The van der Waals surface area contributed by atoms with E-state index in [1.54, 1.807) is 0 Å². The quantitative estimate of drug-likeness (QED) is 0.198. The Morgan fingerprint density at radius 3 is 0.500 bits per heavy atom. The van der Waals surface area contributed by atoms with Gasteiger partial charge in [-0.05, 0) is 98.7 Å². The topological polar surface area (TPSA) is 128 Å². The molecule has 0 radical (unpaired) electrons. The summed E-state index contributed by atoms with van der Waals surface area (Å²) < 4.78 is 0. The van der Waals surface area contributed by atoms with Crippen molar-refractivity contribution in [1.82, 2.24) is 42.5 Å². The fourth-order valence-corrected chi connectivity index (χ4v) is 12.0. The molecule has 236 valence electrons. The van der Waals surface area contributed by atoms with Crippen LogP contribution >= 0.6 is 0 Å². The molecule has 42 heavy (non-hydrogen) atoms. The van der Waals surface area contributed by atoms with Gasteiger partial charge in [0.25, 0.3) is 0 Å². The summed E-state index contributed by atoms with van der Waals surface area (Å²) in [5, 5.41) is 33.8. The second kappa shape index (κ2) is 12.9. The first kappa shape index (κ1) is 31.0. The van der Waals surface area contributed by atoms with Gasteiger partial charge < -0.3 is 8.33 Å². The van der Waals surface area contributed by atoms with Crippen LogP contribution in [0.2, 0.25) is 0 Å². The van der Waals surface area contributed by atoms with E-state index in [9.17, 15) is 0 Å². The van der Waals surface area contributed by atoms with Crippen LogP contribution < -0.4 is 42.5 Å². The first-order valence-electron chi connectivity index (χ1n) is 17.9. The molecule has 9 rings (SSSR count). The molecule has 5 aliphatic heterocycles. The van der Waals surface area contributed by atoms with Crippen LogP contribution in [0.3, 0.4) is 0 Å². The van der Waals surface area contributed by atoms with E-state index in [4.69, 9.17) is 0 Å². The van der Waals surface area contributed by atoms with Gasteiger partial charge in [-0.3, -0.25) is 42.5 Å². The summed E-state index contributed by atoms with van der Waals surface area (Å²) in [7, 11) is 0. The Morgan fingerprint density at radius 2 is 0.381 bits per heavy atom. The normalized spacial score (nSPS) is 54.9. The predicted octanol–water partition coefficient (Wildman–Crippen LogP) is 1.63. The first-order valence-corrected chi connectivity index (χ1v) is 17.9. The summed E-state index contributed by atoms with van der Waals surface area (Å²) in [5.74, 6) is 5.97. The fraction of sp³-hybridized carbons (Fsp3) is 1.00. The van der Waals surface area contributed by atoms with Gasteiger partial charge in [0.15, 0.2) is 0 Å². The van der Waals surface area contributed by atoms with Crippen LogP contribution in [0, 0.1) is 47.3 Å². The summed E-state index contributed by atoms with van der Waals surface area (Å²) in [4.78, 5) is 0. The van der Waals surface area contributed by atoms with Gasteiger partial charge in [-0.1, -0.05) is 51.4 Å². The smallest absolute Gasteiger partial charge is 1.00 e. The van der Waals surface area contributed by atoms with E-state index < -0.39 is 0 Å². The Kier molecular flexibility index (Phi) is 9.53. The third kappa shape index (κ3) is 5.34. The molecule has 0 spiro atoms. The summed E-state index contributed by atoms with van der Waals surface area (Å²) in [6.45, 7) is 0. The zero-order valence-corrected chi connectivity index (χ0v) is 27.2. The van der Waals surface area contributed by atoms with Gasteiger partial charge in [0.1, 0.15) is 0 Å². The van der Waals surface area contributed by atoms with Crippen molar-refractivity contribution >= 4 is 23.1 Å². The van der Waals surface area contributed by atoms with Crippen molar-refractivity contribution in [3.63, 3.8) is 0 Å². The molecule has 5 saturated heterocycles. The molecular formula is C32H60MgN8O. The largest absolute Gasteiger partial charge is 2.00 e. The Bertz CT molecular complexity index is 735. The minimum Gasteiger partial charge on any atom is -1.00 e. The van der Waals surface area contributed by atoms with Crippen molar-refractivity contribution in [2.75, 3.05) is 0 Å². The summed E-state index contributed by atoms with van der Waals surface area (Å²) in [5.41, 5.74) is 0. The molecule has 4 aliphatic carbocycles. The van der Waals surface area contributed by atoms with Crippen LogP contribution in [-0.4, -0.2) is 77.9 Å². The zero-order chi connectivity index (χ0) is 26.2. The minimum atomic E-state index is 0. The second-order valence-corrected chi connectivity index (χ2v) is 15.6. The van der Waals surface area contributed by atoms with Crippen LogP contribution in [0.4, 0.5) is 0 Å². The molecule has 9 nitrogen and oxygen atoms in total. The number of fused-ring (bicyclic) bond motifs is 20. The molecule has 8 atom stereocenters. The molecule has 10 N–H and O–H groups in total. The molecule has 9 fully saturated rings. The maximum absolute atomic E-state index is 4.26. The van der Waals surface area contributed by atoms with Gasteiger partial charge in [0, 0.05) is 0 Å². The van der Waals surface area contributed by atoms with Gasteiger partial charge in [-0.2, -0.15) is 0 Å². The number of rotatable bonds is 0. The van der Waals surface area contributed by atoms with Crippen molar-refractivity contribution in [2.24, 2.45) is 47.3 Å². The van der Waals surface area contributed by atoms with E-state index >= 15 is 0 Å². The summed E-state index contributed by atoms with van der Waals surface area (Å²) in [6, 6.07) is 0. The SMILES string of the molecule is C1CCC2C3NC(NC4NC(NC5NC(NC6NC(N3)C3CCCCC63)C3CCCCC53)C3CCCCC43)C2C1.O.[H-].[H-].[Mg+2]. The number of nitrogens with one attached hydrogen (secondary N) is 8. The molecule has 0 aromatic heterocycles. The standard InChI is InChI=1S/C32H56N8.Mg.H2O.2H/c1-2-10-18-17(9-1)25-33-26(18)38-28-21-13-5-6-14-22(21)30(35-28)40-32-24-16-8-7-15-23(24)31(36-32)39-29-20-12-4-3-11-19(20)27(34-29)37-25;;;;/h17-40H,1-16H2;;1H2;;/q;+2;;2*-1. The van der Waals surface area contributed by atoms with Crippen LogP contribution in [0.5, 0.6) is 0 Å². The molecule has 4 saturated carbocycles. The van der Waals surface area contributed by atoms with Crippen LogP contribution in [0.15, 0.2) is 0 Å². The van der Waals surface area contributed by atoms with Crippen molar-refractivity contribution < 1.29 is 8.33 Å². The summed E-state index contributed by atoms with van der Waals surface area (Å²) >= 11 is 0. The van der Waals surface area contributed by atoms with Crippen molar-refractivity contribution in [3.8, 4) is 0 Å². The monoisotopic (exact) mass is 596 g/mol. The molecule has 8 unspecified atom stereocenters. The third-order valence-corrected chi connectivity index (χ3v) is 13.8. The van der Waals surface area contributed by atoms with E-state index in [2.05, 4.69) is 42.5 Å². The van der Waals surface area contributed by atoms with Gasteiger partial charge in [0.05, 0.1) is 49.3 Å². The Morgan fingerprint density at radius 1 is 0.262 bits per heavy atom. The van der Waals surface area contributed by atoms with Gasteiger partial charge in [-0.15, -0.1) is 0 Å². The van der Waals surface area contributed by atoms with Crippen molar-refractivity contribution in [3.05, 3.63) is 0 Å². The molecule has 10 heteroatoms. The van der Waals surface area contributed by atoms with E-state index in [1.807, 2.05) is 0 Å². The minimum absolute atomic E-state index is 0. The van der Waals surface area contributed by atoms with Crippen LogP contribution in [0.25, 0.3) is 0 Å². The average Bonchev–Trinajstić information content (AvgIpc) is 3.73. The zero-order valence-electron chi connectivity index (χ0n) is 27.8. The first-order chi connectivity index (χ1) is 19.8. The molecule has 0 amide bonds. The Balaban J connectivity index is 0.000000960. The van der Waals surface area contributed by atoms with Crippen LogP contribution in [-0.2, 0) is 0 Å². The number of hydrogen-bond donors (Lipinski definition) is 8. The third-order valence-electron chi connectivity index (χ3n) is 13.8. The van der Waals surface area contributed by atoms with Gasteiger partial charge in [-0.25, -0.2) is 0 Å². The van der Waals surface area contributed by atoms with Crippen molar-refractivity contribution in [2.45, 2.75) is 152 Å². The molecule has 0 aromatic rings. The number of hydrogen-bond acceptors (Lipinski definition) is 8. The van der Waals surface area contributed by atoms with E-state index in [-0.39, 0.29) is 31.4 Å². The van der Waals surface area contributed by atoms with E-state index in [0.717, 1.165) is 47.3 Å². The molecule has 5 heterocycles. The summed E-state index contributed by atoms with van der Waals surface area (Å²) in [6.07, 6.45) is 25.6. The second-order valence-electron chi connectivity index (χ2n) is 15.6.